The molecule has 4 amide bonds. The number of aryl methyl sites for hydroxylation is 6. The summed E-state index contributed by atoms with van der Waals surface area (Å²) in [4.78, 5) is 115. The number of fused-ring (bicyclic) bond motifs is 4. The van der Waals surface area contributed by atoms with E-state index in [1.807, 2.05) is 160 Å². The van der Waals surface area contributed by atoms with Gasteiger partial charge in [-0.1, -0.05) is 36.4 Å². The smallest absolute Gasteiger partial charge is 0.291 e. The van der Waals surface area contributed by atoms with Crippen molar-refractivity contribution in [3.63, 3.8) is 0 Å². The van der Waals surface area contributed by atoms with E-state index in [4.69, 9.17) is 0 Å². The maximum atomic E-state index is 13.3. The number of rotatable bonds is 24. The van der Waals surface area contributed by atoms with Gasteiger partial charge in [-0.15, -0.1) is 0 Å². The highest BCUT2D eigenvalue weighted by atomic mass is 16.3. The van der Waals surface area contributed by atoms with E-state index >= 15 is 0 Å². The molecule has 0 aliphatic heterocycles. The predicted molar refractivity (Wildman–Crippen MR) is 553 cm³/mol. The Morgan fingerprint density at radius 1 is 0.361 bits per heavy atom. The van der Waals surface area contributed by atoms with Crippen molar-refractivity contribution < 1.29 is 49.2 Å². The molecule has 0 spiro atoms. The number of amides is 4. The number of hydrogen-bond acceptors (Lipinski definition) is 22. The minimum absolute atomic E-state index is 0.0454. The van der Waals surface area contributed by atoms with Crippen molar-refractivity contribution in [1.82, 2.24) is 99.4 Å². The second kappa shape index (κ2) is 41.2. The van der Waals surface area contributed by atoms with Crippen LogP contribution in [0.4, 0.5) is 46.0 Å². The first-order chi connectivity index (χ1) is 69.1. The first-order valence-electron chi connectivity index (χ1n) is 45.5. The zero-order valence-corrected chi connectivity index (χ0v) is 80.2. The molecule has 0 bridgehead atoms. The third kappa shape index (κ3) is 22.4. The van der Waals surface area contributed by atoms with Crippen LogP contribution in [-0.2, 0) is 38.0 Å². The SMILES string of the molecule is Cc1cc(C(=O)Nc2ccc(C(=O)c3ccc4[nH]c(O)c(C=Nc5cc(C)[nH]n5)c4c3)cc2)n(C(C)(C)C)n1.Cc1cc(C(=O)Nc2ccc(C(=O)c3ccc4[nH]c(O)c(C=Nc5ccn[nH]5)c4c3)cc2)n(C(C)(C)C)n1.Cc1cc(N=Cc2c(O)[nH]c3ccc(Cc4cccc(NC(=O)c5nccn5C)c4)cc23)n[nH]1.Cn1ccnc1C(=O)Nc1cccc(Cc2ccc3[nH]c(O)c(C=Nc4ccn[nH]4)c3c2)c1. The lowest BCUT2D eigenvalue weighted by molar-refractivity contribution is 0.0997. The van der Waals surface area contributed by atoms with Gasteiger partial charge in [-0.2, -0.15) is 30.6 Å². The first-order valence-corrected chi connectivity index (χ1v) is 45.5. The number of hydrogen-bond donors (Lipinski definition) is 16. The van der Waals surface area contributed by atoms with E-state index < -0.39 is 0 Å². The van der Waals surface area contributed by atoms with Crippen molar-refractivity contribution in [2.75, 3.05) is 21.3 Å². The van der Waals surface area contributed by atoms with Crippen molar-refractivity contribution in [3.8, 4) is 23.5 Å². The molecule has 16 N–H and O–H groups in total. The number of H-pyrrole nitrogens is 8. The third-order valence-electron chi connectivity index (χ3n) is 23.0. The van der Waals surface area contributed by atoms with Gasteiger partial charge < -0.3 is 70.8 Å². The first kappa shape index (κ1) is 96.4. The van der Waals surface area contributed by atoms with Crippen LogP contribution in [0.1, 0.15) is 183 Å². The lowest BCUT2D eigenvalue weighted by Crippen LogP contribution is -2.29. The number of aromatic hydroxyl groups is 4. The monoisotopic (exact) mass is 1920 g/mol. The van der Waals surface area contributed by atoms with Crippen LogP contribution in [0.25, 0.3) is 43.6 Å². The van der Waals surface area contributed by atoms with Crippen molar-refractivity contribution in [2.45, 2.75) is 93.2 Å². The summed E-state index contributed by atoms with van der Waals surface area (Å²) in [6.07, 6.45) is 17.4. The highest BCUT2D eigenvalue weighted by Crippen LogP contribution is 2.35. The number of nitrogens with one attached hydrogen (secondary N) is 12. The molecule has 0 aliphatic rings. The van der Waals surface area contributed by atoms with Crippen LogP contribution >= 0.6 is 0 Å². The van der Waals surface area contributed by atoms with Gasteiger partial charge in [0.2, 0.25) is 0 Å². The summed E-state index contributed by atoms with van der Waals surface area (Å²) in [5.41, 5.74) is 17.2. The van der Waals surface area contributed by atoms with Gasteiger partial charge in [-0.05, 0) is 250 Å². The number of ketones is 2. The molecule has 0 radical (unpaired) electrons. The van der Waals surface area contributed by atoms with Gasteiger partial charge in [0, 0.05) is 188 Å². The molecule has 20 aromatic rings. The Hall–Kier alpha value is -19.3. The predicted octanol–water partition coefficient (Wildman–Crippen LogP) is 18.6. The van der Waals surface area contributed by atoms with Crippen LogP contribution in [0, 0.1) is 27.7 Å². The van der Waals surface area contributed by atoms with Crippen LogP contribution in [0.2, 0.25) is 0 Å². The van der Waals surface area contributed by atoms with Crippen molar-refractivity contribution >= 4 is 150 Å². The maximum Gasteiger partial charge on any atom is 0.291 e. The van der Waals surface area contributed by atoms with Crippen LogP contribution < -0.4 is 21.3 Å². The quantitative estimate of drug-likeness (QED) is 0.0197. The molecule has 38 heteroatoms. The Bertz CT molecular complexity index is 8310. The van der Waals surface area contributed by atoms with Gasteiger partial charge in [-0.3, -0.25) is 58.5 Å². The van der Waals surface area contributed by atoms with Gasteiger partial charge in [-0.25, -0.2) is 29.9 Å². The van der Waals surface area contributed by atoms with Gasteiger partial charge in [0.1, 0.15) is 23.0 Å². The summed E-state index contributed by atoms with van der Waals surface area (Å²) >= 11 is 0. The van der Waals surface area contributed by atoms with Crippen molar-refractivity contribution in [2.24, 2.45) is 34.1 Å². The number of aromatic nitrogens is 20. The van der Waals surface area contributed by atoms with E-state index in [0.717, 1.165) is 66.8 Å². The minimum Gasteiger partial charge on any atom is -0.494 e. The van der Waals surface area contributed by atoms with E-state index in [0.29, 0.717) is 148 Å². The number of imidazole rings is 2. The summed E-state index contributed by atoms with van der Waals surface area (Å²) < 4.78 is 6.76. The van der Waals surface area contributed by atoms with Crippen LogP contribution in [0.3, 0.4) is 0 Å². The number of aliphatic imine (C=N–C) groups is 4. The topological polar surface area (TPSA) is 530 Å². The van der Waals surface area contributed by atoms with Gasteiger partial charge in [0.05, 0.1) is 57.1 Å². The standard InChI is InChI=1S/C29H29N7O3.C28H27N7O3.C25H23N7O2.C24H21N7O2/c1-16-13-25(34-33-16)30-15-22-21-14-19(8-11-23(21)32-27(22)38)26(37)18-6-9-20(10-7-18)31-28(39)24-12-17(2)35-36(24)29(3,4)5;1-16-13-23(35(34-16)28(2,3)4)27(38)31-19-8-5-17(6-9-19)25(36)18-7-10-22-20(14-18)21(26(37)32-22)15-29-24-11-12-30-33-24;1-15-10-22(31-30-15)27-14-20-19-13-17(6-7-21(19)29-24(20)33)11-16-4-3-5-18(12-16)28-25(34)23-26-8-9-32(23)2;1-31-10-9-25-22(31)24(33)28-17-4-2-3-15(12-17)11-16-5-6-20-18(13-16)19(23(32)29-20)14-26-21-7-8-27-30-21/h6-15,32,38H,1-5H3,(H,31,39)(H,33,34);5-15,32,37H,1-4H3,(H,30,33)(H,31,38);3-10,12-14,29,33H,11H2,1-2H3,(H,28,34)(H,30,31);2-10,12-14,29,32H,11H2,1H3,(H,27,30)(H,28,33). The second-order valence-corrected chi connectivity index (χ2v) is 36.2. The molecule has 0 atom stereocenters. The maximum absolute atomic E-state index is 13.3. The molecule has 38 nitrogen and oxygen atoms in total. The number of benzene rings is 8. The number of aromatic amines is 8. The zero-order valence-electron chi connectivity index (χ0n) is 80.2. The Morgan fingerprint density at radius 2 is 0.701 bits per heavy atom. The normalized spacial score (nSPS) is 11.7. The third-order valence-corrected chi connectivity index (χ3v) is 23.0. The zero-order chi connectivity index (χ0) is 101. The molecular weight excluding hydrogens is 1830 g/mol. The molecule has 0 unspecified atom stereocenters. The molecule has 12 aromatic heterocycles. The molecule has 8 aromatic carbocycles. The summed E-state index contributed by atoms with van der Waals surface area (Å²) in [5, 5.41) is 92.1. The molecule has 0 aliphatic carbocycles. The fourth-order valence-corrected chi connectivity index (χ4v) is 16.0. The molecule has 0 fully saturated rings. The summed E-state index contributed by atoms with van der Waals surface area (Å²) in [6, 6.07) is 61.7. The average Bonchev–Trinajstić information content (AvgIpc) is 1.63. The average molecular weight is 1930 g/mol. The highest BCUT2D eigenvalue weighted by molar-refractivity contribution is 6.15. The molecule has 12 heterocycles. The molecular formula is C106H100N28O10. The van der Waals surface area contributed by atoms with Crippen LogP contribution in [0.5, 0.6) is 23.5 Å². The molecule has 724 valence electrons. The highest BCUT2D eigenvalue weighted by Gasteiger charge is 2.27. The number of carbonyl (C=O) groups excluding carboxylic acids is 6. The van der Waals surface area contributed by atoms with Crippen molar-refractivity contribution in [3.05, 3.63) is 356 Å². The fraction of sp³-hybridized carbons (Fsp3) is 0.151. The van der Waals surface area contributed by atoms with Crippen LogP contribution in [-0.4, -0.2) is 180 Å². The molecule has 0 saturated heterocycles. The molecule has 0 saturated carbocycles. The van der Waals surface area contributed by atoms with Crippen molar-refractivity contribution in [1.29, 1.82) is 0 Å². The summed E-state index contributed by atoms with van der Waals surface area (Å²) in [6.45, 7) is 19.4. The Morgan fingerprint density at radius 3 is 1.03 bits per heavy atom. The van der Waals surface area contributed by atoms with E-state index in [1.54, 1.807) is 197 Å². The number of nitrogens with zero attached hydrogens (tertiary/aromatic N) is 16. The lowest BCUT2D eigenvalue weighted by Gasteiger charge is -2.22. The van der Waals surface area contributed by atoms with E-state index in [1.165, 1.54) is 12.4 Å². The molecule has 144 heavy (non-hydrogen) atoms. The number of carbonyl (C=O) groups is 6. The molecule has 20 rings (SSSR count). The Labute approximate surface area is 821 Å². The van der Waals surface area contributed by atoms with E-state index in [2.05, 4.69) is 122 Å². The summed E-state index contributed by atoms with van der Waals surface area (Å²) in [7, 11) is 3.56. The van der Waals surface area contributed by atoms with Gasteiger partial charge >= 0.3 is 0 Å². The fourth-order valence-electron chi connectivity index (χ4n) is 16.0. The Kier molecular flexibility index (Phi) is 27.6. The minimum atomic E-state index is -0.349. The largest absolute Gasteiger partial charge is 0.494 e. The second-order valence-electron chi connectivity index (χ2n) is 36.2. The van der Waals surface area contributed by atoms with E-state index in [-0.39, 0.29) is 69.8 Å². The lowest BCUT2D eigenvalue weighted by atomic mass is 10.0. The Balaban J connectivity index is 0.000000132. The van der Waals surface area contributed by atoms with Gasteiger partial charge in [0.15, 0.2) is 58.4 Å². The van der Waals surface area contributed by atoms with Gasteiger partial charge in [0.25, 0.3) is 23.6 Å². The summed E-state index contributed by atoms with van der Waals surface area (Å²) in [5.74, 6) is 1.44. The number of anilines is 4. The van der Waals surface area contributed by atoms with E-state index in [9.17, 15) is 49.2 Å². The van der Waals surface area contributed by atoms with Crippen LogP contribution in [0.15, 0.2) is 263 Å².